The van der Waals surface area contributed by atoms with Gasteiger partial charge in [-0.2, -0.15) is 0 Å². The second-order valence-corrected chi connectivity index (χ2v) is 2.61. The van der Waals surface area contributed by atoms with Gasteiger partial charge in [-0.3, -0.25) is 0 Å². The Kier molecular flexibility index (Phi) is 2.44. The summed E-state index contributed by atoms with van der Waals surface area (Å²) in [7, 11) is 0. The summed E-state index contributed by atoms with van der Waals surface area (Å²) in [6, 6.07) is 7.25. The molecule has 0 saturated heterocycles. The van der Waals surface area contributed by atoms with Gasteiger partial charge in [-0.15, -0.1) is 0 Å². The third kappa shape index (κ3) is 1.92. The van der Waals surface area contributed by atoms with Crippen LogP contribution in [0.1, 0.15) is 5.56 Å². The molecule has 0 aromatic heterocycles. The molecule has 0 saturated carbocycles. The zero-order chi connectivity index (χ0) is 8.27. The molecule has 1 aromatic carbocycles. The monoisotopic (exact) mass is 165 g/mol. The van der Waals surface area contributed by atoms with E-state index in [-0.39, 0.29) is 0 Å². The first-order valence-electron chi connectivity index (χ1n) is 3.19. The van der Waals surface area contributed by atoms with E-state index in [1.54, 1.807) is 12.1 Å². The summed E-state index contributed by atoms with van der Waals surface area (Å²) >= 11 is 5.67. The second-order valence-electron chi connectivity index (χ2n) is 2.18. The van der Waals surface area contributed by atoms with Crippen LogP contribution in [0.5, 0.6) is 0 Å². The fourth-order valence-electron chi connectivity index (χ4n) is 0.747. The number of nitrogens with one attached hydrogen (secondary N) is 1. The summed E-state index contributed by atoms with van der Waals surface area (Å²) in [4.78, 5) is 0. The lowest BCUT2D eigenvalue weighted by Crippen LogP contribution is -1.80. The van der Waals surface area contributed by atoms with E-state index >= 15 is 0 Å². The molecule has 1 aromatic rings. The summed E-state index contributed by atoms with van der Waals surface area (Å²) < 4.78 is 0. The average molecular weight is 166 g/mol. The van der Waals surface area contributed by atoms with Crippen LogP contribution in [0, 0.1) is 5.41 Å². The Morgan fingerprint density at radius 3 is 2.36 bits per heavy atom. The first-order valence-corrected chi connectivity index (χ1v) is 3.57. The Balaban J connectivity index is 2.98. The van der Waals surface area contributed by atoms with E-state index in [2.05, 4.69) is 6.58 Å². The van der Waals surface area contributed by atoms with Crippen molar-refractivity contribution in [1.82, 2.24) is 0 Å². The second kappa shape index (κ2) is 3.35. The number of hydrogen-bond acceptors (Lipinski definition) is 1. The molecule has 0 bridgehead atoms. The van der Waals surface area contributed by atoms with Crippen LogP contribution in [0.4, 0.5) is 0 Å². The zero-order valence-corrected chi connectivity index (χ0v) is 6.73. The zero-order valence-electron chi connectivity index (χ0n) is 5.97. The van der Waals surface area contributed by atoms with Gasteiger partial charge in [0.1, 0.15) is 0 Å². The summed E-state index contributed by atoms with van der Waals surface area (Å²) in [6.07, 6.45) is 1.23. The van der Waals surface area contributed by atoms with Crippen molar-refractivity contribution in [2.75, 3.05) is 0 Å². The maximum atomic E-state index is 6.94. The van der Waals surface area contributed by atoms with Crippen molar-refractivity contribution in [3.8, 4) is 0 Å². The van der Waals surface area contributed by atoms with Crippen molar-refractivity contribution in [3.05, 3.63) is 41.4 Å². The molecule has 0 fully saturated rings. The van der Waals surface area contributed by atoms with Gasteiger partial charge in [0.2, 0.25) is 0 Å². The van der Waals surface area contributed by atoms with E-state index in [9.17, 15) is 0 Å². The number of hydrogen-bond donors (Lipinski definition) is 1. The molecule has 56 valence electrons. The number of allylic oxidation sites excluding steroid dienone is 1. The minimum Gasteiger partial charge on any atom is -0.308 e. The fraction of sp³-hybridized carbons (Fsp3) is 0. The van der Waals surface area contributed by atoms with Crippen molar-refractivity contribution >= 4 is 23.4 Å². The average Bonchev–Trinajstić information content (AvgIpc) is 2.05. The van der Waals surface area contributed by atoms with Crippen LogP contribution in [0.25, 0.3) is 5.57 Å². The molecule has 11 heavy (non-hydrogen) atoms. The van der Waals surface area contributed by atoms with Gasteiger partial charge in [-0.25, -0.2) is 0 Å². The molecule has 1 rings (SSSR count). The highest BCUT2D eigenvalue weighted by Crippen LogP contribution is 2.14. The predicted molar refractivity (Wildman–Crippen MR) is 49.3 cm³/mol. The van der Waals surface area contributed by atoms with Crippen LogP contribution in [0.2, 0.25) is 5.02 Å². The van der Waals surface area contributed by atoms with E-state index in [0.717, 1.165) is 5.56 Å². The predicted octanol–water partition coefficient (Wildman–Crippen LogP) is 3.00. The highest BCUT2D eigenvalue weighted by atomic mass is 35.5. The van der Waals surface area contributed by atoms with E-state index < -0.39 is 0 Å². The minimum atomic E-state index is 0.696. The van der Waals surface area contributed by atoms with Gasteiger partial charge >= 0.3 is 0 Å². The summed E-state index contributed by atoms with van der Waals surface area (Å²) in [6.45, 7) is 3.69. The summed E-state index contributed by atoms with van der Waals surface area (Å²) in [5, 5.41) is 7.64. The molecule has 1 N–H and O–H groups in total. The normalized spacial score (nSPS) is 9.18. The fourth-order valence-corrected chi connectivity index (χ4v) is 0.873. The highest BCUT2D eigenvalue weighted by Gasteiger charge is 1.93. The van der Waals surface area contributed by atoms with E-state index in [1.165, 1.54) is 6.21 Å². The Morgan fingerprint density at radius 2 is 1.91 bits per heavy atom. The van der Waals surface area contributed by atoms with Crippen molar-refractivity contribution in [3.63, 3.8) is 0 Å². The molecule has 0 atom stereocenters. The highest BCUT2D eigenvalue weighted by molar-refractivity contribution is 6.30. The Bertz CT molecular complexity index is 274. The van der Waals surface area contributed by atoms with Crippen molar-refractivity contribution in [2.24, 2.45) is 0 Å². The molecule has 0 radical (unpaired) electrons. The van der Waals surface area contributed by atoms with Gasteiger partial charge in [-0.1, -0.05) is 30.3 Å². The van der Waals surface area contributed by atoms with Crippen LogP contribution in [0.3, 0.4) is 0 Å². The lowest BCUT2D eigenvalue weighted by molar-refractivity contribution is 1.57. The number of rotatable bonds is 2. The smallest absolute Gasteiger partial charge is 0.0406 e. The van der Waals surface area contributed by atoms with Crippen molar-refractivity contribution in [1.29, 1.82) is 5.41 Å². The molecule has 1 nitrogen and oxygen atoms in total. The maximum absolute atomic E-state index is 6.94. The lowest BCUT2D eigenvalue weighted by atomic mass is 10.1. The maximum Gasteiger partial charge on any atom is 0.0406 e. The van der Waals surface area contributed by atoms with Gasteiger partial charge < -0.3 is 5.41 Å². The SMILES string of the molecule is C=C(C=N)c1ccc(Cl)cc1. The molecular formula is C9H8ClN. The standard InChI is InChI=1S/C9H8ClN/c1-7(6-11)8-2-4-9(10)5-3-8/h2-6,11H,1H2. The van der Waals surface area contributed by atoms with Crippen molar-refractivity contribution < 1.29 is 0 Å². The molecule has 0 aliphatic heterocycles. The summed E-state index contributed by atoms with van der Waals surface area (Å²) in [5.74, 6) is 0. The molecule has 0 spiro atoms. The van der Waals surface area contributed by atoms with Gasteiger partial charge in [-0.05, 0) is 23.3 Å². The largest absolute Gasteiger partial charge is 0.308 e. The molecular weight excluding hydrogens is 158 g/mol. The molecule has 0 aliphatic rings. The lowest BCUT2D eigenvalue weighted by Gasteiger charge is -1.97. The van der Waals surface area contributed by atoms with Crippen LogP contribution >= 0.6 is 11.6 Å². The molecule has 0 unspecified atom stereocenters. The Hall–Kier alpha value is -1.08. The third-order valence-corrected chi connectivity index (χ3v) is 1.64. The molecule has 2 heteroatoms. The van der Waals surface area contributed by atoms with E-state index in [4.69, 9.17) is 17.0 Å². The van der Waals surface area contributed by atoms with Crippen LogP contribution in [0.15, 0.2) is 30.8 Å². The summed E-state index contributed by atoms with van der Waals surface area (Å²) in [5.41, 5.74) is 1.63. The first kappa shape index (κ1) is 8.02. The third-order valence-electron chi connectivity index (χ3n) is 1.39. The van der Waals surface area contributed by atoms with Gasteiger partial charge in [0.25, 0.3) is 0 Å². The minimum absolute atomic E-state index is 0.696. The van der Waals surface area contributed by atoms with Crippen LogP contribution < -0.4 is 0 Å². The first-order chi connectivity index (χ1) is 5.24. The molecule has 0 amide bonds. The van der Waals surface area contributed by atoms with E-state index in [0.29, 0.717) is 10.6 Å². The van der Waals surface area contributed by atoms with Gasteiger partial charge in [0.15, 0.2) is 0 Å². The Morgan fingerprint density at radius 1 is 1.36 bits per heavy atom. The van der Waals surface area contributed by atoms with Gasteiger partial charge in [0, 0.05) is 11.2 Å². The Labute approximate surface area is 70.8 Å². The quantitative estimate of drug-likeness (QED) is 0.652. The van der Waals surface area contributed by atoms with Crippen molar-refractivity contribution in [2.45, 2.75) is 0 Å². The van der Waals surface area contributed by atoms with E-state index in [1.807, 2.05) is 12.1 Å². The van der Waals surface area contributed by atoms with Crippen LogP contribution in [-0.4, -0.2) is 6.21 Å². The van der Waals surface area contributed by atoms with Gasteiger partial charge in [0.05, 0.1) is 0 Å². The van der Waals surface area contributed by atoms with Crippen LogP contribution in [-0.2, 0) is 0 Å². The molecule has 0 heterocycles. The topological polar surface area (TPSA) is 23.9 Å². The number of halogens is 1. The molecule has 0 aliphatic carbocycles. The number of benzene rings is 1.